The Morgan fingerprint density at radius 1 is 1.14 bits per heavy atom. The summed E-state index contributed by atoms with van der Waals surface area (Å²) in [6.07, 6.45) is 0.940. The van der Waals surface area contributed by atoms with Crippen molar-refractivity contribution in [3.63, 3.8) is 0 Å². The molecule has 2 N–H and O–H groups in total. The number of nitrogens with one attached hydrogen (secondary N) is 2. The summed E-state index contributed by atoms with van der Waals surface area (Å²) in [5.41, 5.74) is 0.988. The average Bonchev–Trinajstić information content (AvgIpc) is 2.46. The highest BCUT2D eigenvalue weighted by Gasteiger charge is 2.02. The van der Waals surface area contributed by atoms with Gasteiger partial charge < -0.3 is 15.4 Å². The average molecular weight is 351 g/mol. The number of hydrogen-bond acceptors (Lipinski definition) is 5. The number of aromatic nitrogens is 2. The molecular weight excluding hydrogens is 332 g/mol. The van der Waals surface area contributed by atoms with E-state index in [4.69, 9.17) is 4.74 Å². The summed E-state index contributed by atoms with van der Waals surface area (Å²) in [4.78, 5) is 8.77. The lowest BCUT2D eigenvalue weighted by atomic mass is 10.3. The summed E-state index contributed by atoms with van der Waals surface area (Å²) in [5.74, 6) is 2.32. The van der Waals surface area contributed by atoms with E-state index in [0.717, 1.165) is 47.2 Å². The lowest BCUT2D eigenvalue weighted by Crippen LogP contribution is -2.08. The molecule has 0 spiro atoms. The van der Waals surface area contributed by atoms with Crippen LogP contribution in [0, 0.1) is 6.92 Å². The molecule has 0 aliphatic heterocycles. The highest BCUT2D eigenvalue weighted by atomic mass is 79.9. The molecule has 0 saturated carbocycles. The Hall–Kier alpha value is -1.66. The molecule has 6 heteroatoms. The second-order valence-electron chi connectivity index (χ2n) is 4.59. The Kier molecular flexibility index (Phi) is 5.95. The Morgan fingerprint density at radius 3 is 2.57 bits per heavy atom. The third-order valence-electron chi connectivity index (χ3n) is 2.79. The molecule has 0 saturated heterocycles. The molecule has 0 aliphatic rings. The van der Waals surface area contributed by atoms with Crippen LogP contribution in [0.3, 0.4) is 0 Å². The van der Waals surface area contributed by atoms with E-state index in [0.29, 0.717) is 0 Å². The van der Waals surface area contributed by atoms with Gasteiger partial charge in [-0.1, -0.05) is 15.9 Å². The number of nitrogens with zero attached hydrogens (tertiary/aromatic N) is 2. The van der Waals surface area contributed by atoms with Gasteiger partial charge in [0.25, 0.3) is 0 Å². The van der Waals surface area contributed by atoms with E-state index >= 15 is 0 Å². The van der Waals surface area contributed by atoms with Crippen LogP contribution in [0.4, 0.5) is 17.3 Å². The summed E-state index contributed by atoms with van der Waals surface area (Å²) in [7, 11) is 1.70. The fourth-order valence-corrected chi connectivity index (χ4v) is 2.10. The van der Waals surface area contributed by atoms with Crippen LogP contribution in [0.15, 0.2) is 34.8 Å². The number of rotatable bonds is 7. The third-order valence-corrected chi connectivity index (χ3v) is 3.31. The molecular formula is C15H19BrN4O. The molecule has 5 nitrogen and oxygen atoms in total. The number of methoxy groups -OCH3 is 1. The van der Waals surface area contributed by atoms with Crippen molar-refractivity contribution in [1.82, 2.24) is 9.97 Å². The van der Waals surface area contributed by atoms with Gasteiger partial charge in [0, 0.05) is 36.5 Å². The van der Waals surface area contributed by atoms with Gasteiger partial charge in [-0.05, 0) is 37.6 Å². The highest BCUT2D eigenvalue weighted by Crippen LogP contribution is 2.19. The molecule has 2 aromatic rings. The van der Waals surface area contributed by atoms with E-state index in [1.165, 1.54) is 0 Å². The van der Waals surface area contributed by atoms with Crippen LogP contribution < -0.4 is 10.6 Å². The third kappa shape index (κ3) is 5.32. The fourth-order valence-electron chi connectivity index (χ4n) is 1.84. The van der Waals surface area contributed by atoms with Crippen molar-refractivity contribution >= 4 is 33.3 Å². The molecule has 0 fully saturated rings. The molecule has 2 rings (SSSR count). The van der Waals surface area contributed by atoms with Crippen molar-refractivity contribution in [2.75, 3.05) is 30.9 Å². The molecule has 0 bridgehead atoms. The van der Waals surface area contributed by atoms with Crippen LogP contribution >= 0.6 is 15.9 Å². The minimum Gasteiger partial charge on any atom is -0.385 e. The Morgan fingerprint density at radius 2 is 1.86 bits per heavy atom. The molecule has 0 radical (unpaired) electrons. The zero-order valence-electron chi connectivity index (χ0n) is 12.2. The molecule has 0 aliphatic carbocycles. The molecule has 112 valence electrons. The summed E-state index contributed by atoms with van der Waals surface area (Å²) < 4.78 is 6.08. The quantitative estimate of drug-likeness (QED) is 0.745. The van der Waals surface area contributed by atoms with Crippen molar-refractivity contribution in [3.8, 4) is 0 Å². The van der Waals surface area contributed by atoms with E-state index in [1.54, 1.807) is 7.11 Å². The molecule has 21 heavy (non-hydrogen) atoms. The van der Waals surface area contributed by atoms with Gasteiger partial charge in [0.2, 0.25) is 0 Å². The molecule has 1 aromatic carbocycles. The van der Waals surface area contributed by atoms with Gasteiger partial charge in [-0.25, -0.2) is 9.97 Å². The second kappa shape index (κ2) is 7.95. The number of benzene rings is 1. The summed E-state index contributed by atoms with van der Waals surface area (Å²) in [5, 5.41) is 6.55. The van der Waals surface area contributed by atoms with E-state index in [9.17, 15) is 0 Å². The largest absolute Gasteiger partial charge is 0.385 e. The second-order valence-corrected chi connectivity index (χ2v) is 5.51. The number of halogens is 1. The van der Waals surface area contributed by atoms with E-state index in [2.05, 4.69) is 36.5 Å². The molecule has 1 heterocycles. The lowest BCUT2D eigenvalue weighted by Gasteiger charge is -2.10. The maximum Gasteiger partial charge on any atom is 0.136 e. The van der Waals surface area contributed by atoms with E-state index < -0.39 is 0 Å². The van der Waals surface area contributed by atoms with E-state index in [-0.39, 0.29) is 0 Å². The standard InChI is InChI=1S/C15H19BrN4O/c1-11-18-14(17-8-3-9-21-2)10-15(19-11)20-13-6-4-12(16)5-7-13/h4-7,10H,3,8-9H2,1-2H3,(H2,17,18,19,20). The van der Waals surface area contributed by atoms with Crippen molar-refractivity contribution in [2.24, 2.45) is 0 Å². The first-order chi connectivity index (χ1) is 10.2. The first kappa shape index (κ1) is 15.7. The SMILES string of the molecule is COCCCNc1cc(Nc2ccc(Br)cc2)nc(C)n1. The van der Waals surface area contributed by atoms with Crippen molar-refractivity contribution in [1.29, 1.82) is 0 Å². The van der Waals surface area contributed by atoms with Gasteiger partial charge in [0.15, 0.2) is 0 Å². The summed E-state index contributed by atoms with van der Waals surface area (Å²) >= 11 is 3.42. The maximum absolute atomic E-state index is 5.03. The van der Waals surface area contributed by atoms with Gasteiger partial charge >= 0.3 is 0 Å². The van der Waals surface area contributed by atoms with Gasteiger partial charge in [-0.3, -0.25) is 0 Å². The highest BCUT2D eigenvalue weighted by molar-refractivity contribution is 9.10. The van der Waals surface area contributed by atoms with Gasteiger partial charge in [0.05, 0.1) is 0 Å². The number of anilines is 3. The summed E-state index contributed by atoms with van der Waals surface area (Å²) in [6, 6.07) is 9.86. The summed E-state index contributed by atoms with van der Waals surface area (Å²) in [6.45, 7) is 3.44. The van der Waals surface area contributed by atoms with Gasteiger partial charge in [-0.2, -0.15) is 0 Å². The van der Waals surface area contributed by atoms with Crippen LogP contribution in [0.25, 0.3) is 0 Å². The minimum atomic E-state index is 0.728. The monoisotopic (exact) mass is 350 g/mol. The zero-order chi connectivity index (χ0) is 15.1. The van der Waals surface area contributed by atoms with Crippen LogP contribution in [0.2, 0.25) is 0 Å². The number of ether oxygens (including phenoxy) is 1. The van der Waals surface area contributed by atoms with E-state index in [1.807, 2.05) is 37.3 Å². The molecule has 0 amide bonds. The van der Waals surface area contributed by atoms with Crippen molar-refractivity contribution in [3.05, 3.63) is 40.6 Å². The molecule has 0 atom stereocenters. The maximum atomic E-state index is 5.03. The Bertz CT molecular complexity index is 574. The van der Waals surface area contributed by atoms with Gasteiger partial charge in [-0.15, -0.1) is 0 Å². The van der Waals surface area contributed by atoms with Gasteiger partial charge in [0.1, 0.15) is 17.5 Å². The predicted molar refractivity (Wildman–Crippen MR) is 89.2 cm³/mol. The van der Waals surface area contributed by atoms with Crippen LogP contribution in [0.1, 0.15) is 12.2 Å². The Labute approximate surface area is 133 Å². The number of hydrogen-bond donors (Lipinski definition) is 2. The molecule has 1 aromatic heterocycles. The van der Waals surface area contributed by atoms with Crippen LogP contribution in [0.5, 0.6) is 0 Å². The lowest BCUT2D eigenvalue weighted by molar-refractivity contribution is 0.198. The topological polar surface area (TPSA) is 59.1 Å². The van der Waals surface area contributed by atoms with Crippen molar-refractivity contribution in [2.45, 2.75) is 13.3 Å². The predicted octanol–water partition coefficient (Wildman–Crippen LogP) is 3.74. The van der Waals surface area contributed by atoms with Crippen LogP contribution in [-0.4, -0.2) is 30.2 Å². The zero-order valence-corrected chi connectivity index (χ0v) is 13.8. The van der Waals surface area contributed by atoms with Crippen LogP contribution in [-0.2, 0) is 4.74 Å². The first-order valence-electron chi connectivity index (χ1n) is 6.78. The number of aryl methyl sites for hydroxylation is 1. The minimum absolute atomic E-state index is 0.728. The first-order valence-corrected chi connectivity index (χ1v) is 7.58. The Balaban J connectivity index is 2.02. The smallest absolute Gasteiger partial charge is 0.136 e. The molecule has 0 unspecified atom stereocenters. The van der Waals surface area contributed by atoms with Crippen molar-refractivity contribution < 1.29 is 4.74 Å². The fraction of sp³-hybridized carbons (Fsp3) is 0.333. The normalized spacial score (nSPS) is 10.4.